The van der Waals surface area contributed by atoms with E-state index >= 15 is 0 Å². The number of thioether (sulfide) groups is 1. The number of rotatable bonds is 11. The minimum absolute atomic E-state index is 0.104. The van der Waals surface area contributed by atoms with E-state index in [1.165, 1.54) is 22.9 Å². The number of benzene rings is 1. The first-order chi connectivity index (χ1) is 12.6. The molecule has 1 atom stereocenters. The normalized spacial score (nSPS) is 11.6. The predicted molar refractivity (Wildman–Crippen MR) is 112 cm³/mol. The number of nitrogens with one attached hydrogen (secondary N) is 1. The van der Waals surface area contributed by atoms with Crippen LogP contribution >= 0.6 is 11.8 Å². The molecule has 0 saturated carbocycles. The minimum atomic E-state index is -0.104. The van der Waals surface area contributed by atoms with Gasteiger partial charge in [-0.25, -0.2) is 4.98 Å². The van der Waals surface area contributed by atoms with Gasteiger partial charge in [0.15, 0.2) is 0 Å². The zero-order chi connectivity index (χ0) is 18.8. The molecule has 2 aromatic rings. The molecule has 1 aromatic heterocycles. The number of aryl methyl sites for hydroxylation is 1. The largest absolute Gasteiger partial charge is 0.383 e. The van der Waals surface area contributed by atoms with Gasteiger partial charge in [0.1, 0.15) is 12.1 Å². The molecule has 0 saturated heterocycles. The Morgan fingerprint density at radius 1 is 1.27 bits per heavy atom. The average Bonchev–Trinajstić information content (AvgIpc) is 2.69. The highest BCUT2D eigenvalue weighted by Crippen LogP contribution is 2.20. The van der Waals surface area contributed by atoms with Crippen LogP contribution in [0.15, 0.2) is 60.3 Å². The topological polar surface area (TPSA) is 45.2 Å². The number of carbonyl (C=O) groups is 1. The average molecular weight is 370 g/mol. The van der Waals surface area contributed by atoms with Crippen LogP contribution in [0.3, 0.4) is 0 Å². The lowest BCUT2D eigenvalue weighted by atomic mass is 10.0. The van der Waals surface area contributed by atoms with E-state index in [-0.39, 0.29) is 5.25 Å². The predicted octanol–water partition coefficient (Wildman–Crippen LogP) is 3.68. The first kappa shape index (κ1) is 20.0. The maximum absolute atomic E-state index is 11.3. The number of hydrogen-bond acceptors (Lipinski definition) is 5. The Morgan fingerprint density at radius 2 is 2.00 bits per heavy atom. The van der Waals surface area contributed by atoms with Crippen molar-refractivity contribution in [1.82, 2.24) is 10.3 Å². The Morgan fingerprint density at radius 3 is 2.62 bits per heavy atom. The third-order valence-electron chi connectivity index (χ3n) is 4.18. The van der Waals surface area contributed by atoms with E-state index in [0.717, 1.165) is 42.9 Å². The Kier molecular flexibility index (Phi) is 8.22. The maximum atomic E-state index is 11.3. The van der Waals surface area contributed by atoms with Crippen molar-refractivity contribution < 1.29 is 4.79 Å². The van der Waals surface area contributed by atoms with Crippen molar-refractivity contribution in [1.29, 1.82) is 0 Å². The van der Waals surface area contributed by atoms with Crippen LogP contribution in [0.4, 0.5) is 5.82 Å². The lowest BCUT2D eigenvalue weighted by molar-refractivity contribution is -0.107. The van der Waals surface area contributed by atoms with Gasteiger partial charge in [0.25, 0.3) is 0 Å². The van der Waals surface area contributed by atoms with Gasteiger partial charge in [-0.2, -0.15) is 0 Å². The van der Waals surface area contributed by atoms with Crippen molar-refractivity contribution in [2.45, 2.75) is 24.5 Å². The van der Waals surface area contributed by atoms with Gasteiger partial charge in [0.05, 0.1) is 10.3 Å². The molecular weight excluding hydrogens is 342 g/mol. The van der Waals surface area contributed by atoms with E-state index in [1.54, 1.807) is 0 Å². The molecule has 1 aromatic carbocycles. The van der Waals surface area contributed by atoms with Crippen LogP contribution in [0.2, 0.25) is 0 Å². The molecule has 0 aliphatic heterocycles. The molecule has 0 fully saturated rings. The van der Waals surface area contributed by atoms with Crippen LogP contribution in [-0.2, 0) is 17.6 Å². The Bertz CT molecular complexity index is 688. The fourth-order valence-electron chi connectivity index (χ4n) is 2.65. The minimum Gasteiger partial charge on any atom is -0.383 e. The number of pyridine rings is 1. The van der Waals surface area contributed by atoms with E-state index < -0.39 is 0 Å². The molecule has 0 aliphatic carbocycles. The van der Waals surface area contributed by atoms with Gasteiger partial charge in [-0.15, -0.1) is 0 Å². The maximum Gasteiger partial charge on any atom is 0.133 e. The van der Waals surface area contributed by atoms with E-state index in [0.29, 0.717) is 0 Å². The summed E-state index contributed by atoms with van der Waals surface area (Å²) in [5, 5.41) is 3.68. The summed E-state index contributed by atoms with van der Waals surface area (Å²) in [7, 11) is 3.89. The summed E-state index contributed by atoms with van der Waals surface area (Å²) in [6.45, 7) is 4.84. The molecule has 1 heterocycles. The second-order valence-corrected chi connectivity index (χ2v) is 7.53. The molecule has 0 radical (unpaired) electrons. The zero-order valence-corrected chi connectivity index (χ0v) is 16.3. The molecule has 4 nitrogen and oxygen atoms in total. The molecule has 0 spiro atoms. The lowest BCUT2D eigenvalue weighted by Gasteiger charge is -2.17. The summed E-state index contributed by atoms with van der Waals surface area (Å²) in [6, 6.07) is 14.5. The number of aromatic nitrogens is 1. The highest BCUT2D eigenvalue weighted by Gasteiger charge is 2.10. The first-order valence-electron chi connectivity index (χ1n) is 8.81. The SMILES string of the molecule is C=C(NC)SC(C=O)Cc1ccc(CCCN(C)c2ccccn2)cc1. The van der Waals surface area contributed by atoms with Crippen molar-refractivity contribution in [3.63, 3.8) is 0 Å². The van der Waals surface area contributed by atoms with Gasteiger partial charge < -0.3 is 15.0 Å². The zero-order valence-electron chi connectivity index (χ0n) is 15.5. The summed E-state index contributed by atoms with van der Waals surface area (Å²) in [5.41, 5.74) is 2.49. The van der Waals surface area contributed by atoms with Crippen LogP contribution in [-0.4, -0.2) is 37.2 Å². The van der Waals surface area contributed by atoms with Crippen molar-refractivity contribution in [2.24, 2.45) is 0 Å². The highest BCUT2D eigenvalue weighted by atomic mass is 32.2. The number of hydrogen-bond donors (Lipinski definition) is 1. The molecule has 138 valence electrons. The van der Waals surface area contributed by atoms with E-state index in [4.69, 9.17) is 0 Å². The molecule has 5 heteroatoms. The molecule has 0 aliphatic rings. The second-order valence-electron chi connectivity index (χ2n) is 6.20. The van der Waals surface area contributed by atoms with Crippen molar-refractivity contribution in [3.8, 4) is 0 Å². The fourth-order valence-corrected chi connectivity index (χ4v) is 3.46. The first-order valence-corrected chi connectivity index (χ1v) is 9.69. The molecule has 26 heavy (non-hydrogen) atoms. The van der Waals surface area contributed by atoms with Gasteiger partial charge >= 0.3 is 0 Å². The monoisotopic (exact) mass is 369 g/mol. The highest BCUT2D eigenvalue weighted by molar-refractivity contribution is 8.04. The summed E-state index contributed by atoms with van der Waals surface area (Å²) in [5.74, 6) is 1.00. The van der Waals surface area contributed by atoms with Crippen molar-refractivity contribution in [2.75, 3.05) is 25.5 Å². The lowest BCUT2D eigenvalue weighted by Crippen LogP contribution is -2.19. The molecule has 2 rings (SSSR count). The quantitative estimate of drug-likeness (QED) is 0.612. The number of anilines is 1. The summed E-state index contributed by atoms with van der Waals surface area (Å²) in [6.07, 6.45) is 5.63. The number of carbonyl (C=O) groups excluding carboxylic acids is 1. The smallest absolute Gasteiger partial charge is 0.133 e. The molecule has 1 unspecified atom stereocenters. The summed E-state index contributed by atoms with van der Waals surface area (Å²) < 4.78 is 0. The summed E-state index contributed by atoms with van der Waals surface area (Å²) >= 11 is 1.47. The summed E-state index contributed by atoms with van der Waals surface area (Å²) in [4.78, 5) is 17.8. The van der Waals surface area contributed by atoms with Gasteiger partial charge in [0, 0.05) is 26.8 Å². The standard InChI is InChI=1S/C21H27N3OS/c1-17(22-2)26-20(16-25)15-19-11-9-18(10-12-19)7-6-14-24(3)21-8-4-5-13-23-21/h4-5,8-13,16,20,22H,1,6-7,14-15H2,2-3H3. The van der Waals surface area contributed by atoms with Gasteiger partial charge in [-0.3, -0.25) is 0 Å². The van der Waals surface area contributed by atoms with E-state index in [2.05, 4.69) is 53.1 Å². The number of nitrogens with zero attached hydrogens (tertiary/aromatic N) is 2. The van der Waals surface area contributed by atoms with Crippen LogP contribution in [0, 0.1) is 0 Å². The van der Waals surface area contributed by atoms with Crippen molar-refractivity contribution in [3.05, 3.63) is 71.4 Å². The Hall–Kier alpha value is -2.27. The molecule has 0 amide bonds. The van der Waals surface area contributed by atoms with Gasteiger partial charge in [-0.1, -0.05) is 48.7 Å². The van der Waals surface area contributed by atoms with Crippen molar-refractivity contribution >= 4 is 23.9 Å². The van der Waals surface area contributed by atoms with Crippen LogP contribution in [0.5, 0.6) is 0 Å². The molecular formula is C21H27N3OS. The van der Waals surface area contributed by atoms with Gasteiger partial charge in [0.2, 0.25) is 0 Å². The number of aldehydes is 1. The third-order valence-corrected chi connectivity index (χ3v) is 5.25. The second kappa shape index (κ2) is 10.7. The Labute approximate surface area is 160 Å². The third kappa shape index (κ3) is 6.56. The fraction of sp³-hybridized carbons (Fsp3) is 0.333. The Balaban J connectivity index is 1.79. The van der Waals surface area contributed by atoms with Gasteiger partial charge in [-0.05, 0) is 42.5 Å². The van der Waals surface area contributed by atoms with Crippen LogP contribution < -0.4 is 10.2 Å². The van der Waals surface area contributed by atoms with E-state index in [9.17, 15) is 4.79 Å². The van der Waals surface area contributed by atoms with Crippen LogP contribution in [0.1, 0.15) is 17.5 Å². The molecule has 0 bridgehead atoms. The van der Waals surface area contributed by atoms with Crippen LogP contribution in [0.25, 0.3) is 0 Å². The van der Waals surface area contributed by atoms with E-state index in [1.807, 2.05) is 31.4 Å². The molecule has 1 N–H and O–H groups in total.